The molecule has 0 aliphatic heterocycles. The summed E-state index contributed by atoms with van der Waals surface area (Å²) in [6.07, 6.45) is 7.20. The van der Waals surface area contributed by atoms with E-state index in [9.17, 15) is 9.59 Å². The molecule has 16 heavy (non-hydrogen) atoms. The Bertz CT molecular complexity index is 409. The molecule has 4 saturated carbocycles. The van der Waals surface area contributed by atoms with E-state index >= 15 is 0 Å². The molecule has 2 nitrogen and oxygen atoms in total. The Kier molecular flexibility index (Phi) is 1.43. The van der Waals surface area contributed by atoms with Gasteiger partial charge >= 0.3 is 0 Å². The topological polar surface area (TPSA) is 34.1 Å². The van der Waals surface area contributed by atoms with Gasteiger partial charge in [0.15, 0.2) is 5.78 Å². The molecule has 0 aromatic rings. The van der Waals surface area contributed by atoms with Crippen LogP contribution in [-0.4, -0.2) is 11.6 Å². The molecule has 5 atom stereocenters. The second-order valence-electron chi connectivity index (χ2n) is 6.92. The molecule has 0 aromatic heterocycles. The molecule has 4 aliphatic rings. The molecule has 4 rings (SSSR count). The fraction of sp³-hybridized carbons (Fsp3) is 0.857. The molecule has 0 amide bonds. The SMILES string of the molecule is CC(=O)C(=O)C12CC3CC4CC(C1)C4(C3)C2. The van der Waals surface area contributed by atoms with E-state index in [0.29, 0.717) is 5.41 Å². The maximum absolute atomic E-state index is 12.2. The van der Waals surface area contributed by atoms with Crippen LogP contribution < -0.4 is 0 Å². The molecule has 4 fully saturated rings. The lowest BCUT2D eigenvalue weighted by molar-refractivity contribution is -0.143. The second kappa shape index (κ2) is 2.44. The Morgan fingerprint density at radius 2 is 1.88 bits per heavy atom. The highest BCUT2D eigenvalue weighted by Gasteiger charge is 2.72. The summed E-state index contributed by atoms with van der Waals surface area (Å²) in [5, 5.41) is 0. The minimum Gasteiger partial charge on any atom is -0.291 e. The van der Waals surface area contributed by atoms with Gasteiger partial charge < -0.3 is 0 Å². The molecule has 86 valence electrons. The molecular formula is C14H18O2. The second-order valence-corrected chi connectivity index (χ2v) is 6.92. The monoisotopic (exact) mass is 218 g/mol. The number of rotatable bonds is 2. The van der Waals surface area contributed by atoms with Crippen LogP contribution >= 0.6 is 0 Å². The first kappa shape index (κ1) is 9.38. The van der Waals surface area contributed by atoms with Crippen molar-refractivity contribution in [2.24, 2.45) is 28.6 Å². The van der Waals surface area contributed by atoms with Crippen molar-refractivity contribution in [3.8, 4) is 0 Å². The molecule has 0 N–H and O–H groups in total. The summed E-state index contributed by atoms with van der Waals surface area (Å²) in [6.45, 7) is 1.46. The summed E-state index contributed by atoms with van der Waals surface area (Å²) in [7, 11) is 0. The third-order valence-corrected chi connectivity index (χ3v) is 6.27. The van der Waals surface area contributed by atoms with Crippen molar-refractivity contribution in [3.63, 3.8) is 0 Å². The Morgan fingerprint density at radius 1 is 1.06 bits per heavy atom. The van der Waals surface area contributed by atoms with Gasteiger partial charge in [-0.05, 0) is 61.7 Å². The van der Waals surface area contributed by atoms with Gasteiger partial charge in [0.2, 0.25) is 5.78 Å². The van der Waals surface area contributed by atoms with Crippen LogP contribution in [0.3, 0.4) is 0 Å². The van der Waals surface area contributed by atoms with Gasteiger partial charge in [-0.2, -0.15) is 0 Å². The zero-order valence-corrected chi connectivity index (χ0v) is 9.79. The van der Waals surface area contributed by atoms with Crippen molar-refractivity contribution in [1.29, 1.82) is 0 Å². The molecule has 0 heterocycles. The average molecular weight is 218 g/mol. The maximum atomic E-state index is 12.2. The van der Waals surface area contributed by atoms with Crippen molar-refractivity contribution < 1.29 is 9.59 Å². The Balaban J connectivity index is 1.78. The summed E-state index contributed by atoms with van der Waals surface area (Å²) in [5.74, 6) is 2.22. The maximum Gasteiger partial charge on any atom is 0.204 e. The van der Waals surface area contributed by atoms with E-state index in [2.05, 4.69) is 0 Å². The molecule has 4 aliphatic carbocycles. The first-order chi connectivity index (χ1) is 7.56. The molecule has 5 unspecified atom stereocenters. The minimum absolute atomic E-state index is 0.0355. The number of hydrogen-bond acceptors (Lipinski definition) is 2. The van der Waals surface area contributed by atoms with Crippen LogP contribution in [0.25, 0.3) is 0 Å². The van der Waals surface area contributed by atoms with Crippen LogP contribution in [-0.2, 0) is 9.59 Å². The smallest absolute Gasteiger partial charge is 0.204 e. The van der Waals surface area contributed by atoms with Gasteiger partial charge in [-0.1, -0.05) is 0 Å². The van der Waals surface area contributed by atoms with Gasteiger partial charge in [0.25, 0.3) is 0 Å². The zero-order chi connectivity index (χ0) is 11.1. The molecule has 1 spiro atoms. The summed E-state index contributed by atoms with van der Waals surface area (Å²) >= 11 is 0. The van der Waals surface area contributed by atoms with Crippen molar-refractivity contribution in [2.45, 2.75) is 45.4 Å². The summed E-state index contributed by atoms with van der Waals surface area (Å²) in [6, 6.07) is 0. The molecular weight excluding hydrogens is 200 g/mol. The Hall–Kier alpha value is -0.660. The third-order valence-electron chi connectivity index (χ3n) is 6.27. The van der Waals surface area contributed by atoms with E-state index in [1.165, 1.54) is 26.2 Å². The molecule has 0 aromatic carbocycles. The lowest BCUT2D eigenvalue weighted by Gasteiger charge is -2.49. The van der Waals surface area contributed by atoms with Gasteiger partial charge in [-0.15, -0.1) is 0 Å². The molecule has 0 radical (unpaired) electrons. The Labute approximate surface area is 95.8 Å². The largest absolute Gasteiger partial charge is 0.291 e. The van der Waals surface area contributed by atoms with Crippen LogP contribution in [0, 0.1) is 28.6 Å². The fourth-order valence-electron chi connectivity index (χ4n) is 6.00. The molecule has 3 bridgehead atoms. The van der Waals surface area contributed by atoms with Crippen LogP contribution in [0.15, 0.2) is 0 Å². The van der Waals surface area contributed by atoms with Gasteiger partial charge in [0.05, 0.1) is 0 Å². The molecule has 2 heteroatoms. The predicted octanol–water partition coefficient (Wildman–Crippen LogP) is 2.36. The normalized spacial score (nSPS) is 55.9. The van der Waals surface area contributed by atoms with E-state index < -0.39 is 0 Å². The highest BCUT2D eigenvalue weighted by molar-refractivity contribution is 6.38. The third kappa shape index (κ3) is 0.802. The van der Waals surface area contributed by atoms with Gasteiger partial charge in [0.1, 0.15) is 0 Å². The number of carbonyl (C=O) groups is 2. The van der Waals surface area contributed by atoms with E-state index in [-0.39, 0.29) is 17.0 Å². The van der Waals surface area contributed by atoms with Crippen molar-refractivity contribution in [2.75, 3.05) is 0 Å². The number of hydrogen-bond donors (Lipinski definition) is 0. The lowest BCUT2D eigenvalue weighted by Crippen LogP contribution is -2.42. The van der Waals surface area contributed by atoms with E-state index in [0.717, 1.165) is 37.0 Å². The van der Waals surface area contributed by atoms with Crippen molar-refractivity contribution >= 4 is 11.6 Å². The number of Topliss-reactive ketones (excluding diaryl/α,β-unsaturated/α-hetero) is 2. The number of fused-ring (bicyclic) bond motifs is 2. The van der Waals surface area contributed by atoms with Crippen LogP contribution in [0.4, 0.5) is 0 Å². The van der Waals surface area contributed by atoms with E-state index in [4.69, 9.17) is 0 Å². The highest BCUT2D eigenvalue weighted by atomic mass is 16.2. The van der Waals surface area contributed by atoms with E-state index in [1.807, 2.05) is 0 Å². The highest BCUT2D eigenvalue weighted by Crippen LogP contribution is 2.78. The van der Waals surface area contributed by atoms with Crippen LogP contribution in [0.5, 0.6) is 0 Å². The predicted molar refractivity (Wildman–Crippen MR) is 58.7 cm³/mol. The number of carbonyl (C=O) groups excluding carboxylic acids is 2. The van der Waals surface area contributed by atoms with Crippen molar-refractivity contribution in [1.82, 2.24) is 0 Å². The van der Waals surface area contributed by atoms with E-state index in [1.54, 1.807) is 0 Å². The minimum atomic E-state index is -0.204. The van der Waals surface area contributed by atoms with Gasteiger partial charge in [0, 0.05) is 12.3 Å². The lowest BCUT2D eigenvalue weighted by atomic mass is 9.55. The standard InChI is InChI=1S/C14H18O2/c1-8(15)12(16)13-4-9-2-10-3-11(6-13)14(10,5-9)7-13/h9-11H,2-7H2,1H3. The number of ketones is 2. The average Bonchev–Trinajstić information content (AvgIpc) is 2.54. The van der Waals surface area contributed by atoms with Crippen LogP contribution in [0.2, 0.25) is 0 Å². The van der Waals surface area contributed by atoms with Gasteiger partial charge in [-0.3, -0.25) is 9.59 Å². The van der Waals surface area contributed by atoms with Crippen LogP contribution in [0.1, 0.15) is 45.4 Å². The zero-order valence-electron chi connectivity index (χ0n) is 9.79. The quantitative estimate of drug-likeness (QED) is 0.667. The fourth-order valence-corrected chi connectivity index (χ4v) is 6.00. The summed E-state index contributed by atoms with van der Waals surface area (Å²) in [4.78, 5) is 23.6. The summed E-state index contributed by atoms with van der Waals surface area (Å²) in [5.41, 5.74) is 0.318. The molecule has 0 saturated heterocycles. The van der Waals surface area contributed by atoms with Crippen molar-refractivity contribution in [3.05, 3.63) is 0 Å². The first-order valence-corrected chi connectivity index (χ1v) is 6.61. The first-order valence-electron chi connectivity index (χ1n) is 6.61. The summed E-state index contributed by atoms with van der Waals surface area (Å²) < 4.78 is 0. The van der Waals surface area contributed by atoms with Gasteiger partial charge in [-0.25, -0.2) is 0 Å². The Morgan fingerprint density at radius 3 is 2.62 bits per heavy atom.